The SMILES string of the molecule is CC/C=C/C/C=C/CCCCCCCCCC(=O)OC(/C=C\CCCCCCCCCCC)C(COP(=O)([O-])OCC[N+](C)(C)C)NC(=O)CCCCCCCCCCCCCCCCC/C=C/CCCCCCCC. The van der Waals surface area contributed by atoms with Crippen molar-refractivity contribution in [3.05, 3.63) is 48.6 Å². The van der Waals surface area contributed by atoms with Crippen LogP contribution in [0.15, 0.2) is 48.6 Å². The van der Waals surface area contributed by atoms with E-state index in [1.165, 1.54) is 193 Å². The number of carbonyl (C=O) groups is 2. The van der Waals surface area contributed by atoms with Crippen molar-refractivity contribution in [1.82, 2.24) is 5.32 Å². The summed E-state index contributed by atoms with van der Waals surface area (Å²) in [6.07, 6.45) is 69.5. The maximum Gasteiger partial charge on any atom is 0.306 e. The highest BCUT2D eigenvalue weighted by Crippen LogP contribution is 2.38. The molecule has 0 fully saturated rings. The number of phosphoric acid groups is 1. The first-order chi connectivity index (χ1) is 36.9. The van der Waals surface area contributed by atoms with Crippen LogP contribution in [0.3, 0.4) is 0 Å². The van der Waals surface area contributed by atoms with Crippen LogP contribution in [0.2, 0.25) is 0 Å². The molecule has 0 aromatic rings. The summed E-state index contributed by atoms with van der Waals surface area (Å²) in [4.78, 5) is 40.0. The van der Waals surface area contributed by atoms with Gasteiger partial charge in [-0.2, -0.15) is 0 Å². The number of amides is 1. The molecule has 0 spiro atoms. The fourth-order valence-electron chi connectivity index (χ4n) is 9.50. The average Bonchev–Trinajstić information content (AvgIpc) is 3.38. The van der Waals surface area contributed by atoms with Crippen LogP contribution in [0.4, 0.5) is 0 Å². The largest absolute Gasteiger partial charge is 0.756 e. The minimum atomic E-state index is -4.70. The zero-order valence-electron chi connectivity index (χ0n) is 51.0. The summed E-state index contributed by atoms with van der Waals surface area (Å²) in [6, 6.07) is -0.889. The lowest BCUT2D eigenvalue weighted by atomic mass is 10.0. The lowest BCUT2D eigenvalue weighted by Crippen LogP contribution is -2.47. The third-order valence-corrected chi connectivity index (χ3v) is 15.5. The Bertz CT molecular complexity index is 1440. The number of carbonyl (C=O) groups excluding carboxylic acids is 2. The maximum absolute atomic E-state index is 13.5. The Hall–Kier alpha value is -2.03. The summed E-state index contributed by atoms with van der Waals surface area (Å²) in [7, 11) is 1.19. The first-order valence-electron chi connectivity index (χ1n) is 32.4. The third kappa shape index (κ3) is 56.7. The van der Waals surface area contributed by atoms with Gasteiger partial charge in [0.05, 0.1) is 33.8 Å². The highest BCUT2D eigenvalue weighted by Gasteiger charge is 2.27. The first kappa shape index (κ1) is 74.0. The number of rotatable bonds is 59. The molecule has 1 N–H and O–H groups in total. The standard InChI is InChI=1S/C66H125N2O7P/c1-7-10-13-16-19-22-25-27-29-30-31-32-33-34-35-36-37-38-39-40-43-46-49-52-55-58-65(69)67-63(62-74-76(71,72)73-61-60-68(4,5)6)64(57-54-51-48-45-42-24-21-18-15-12-9-3)75-66(70)59-56-53-50-47-44-41-28-26-23-20-17-14-11-8-2/h11,14,20,23,27,29,54,57,63-64H,7-10,12-13,15-19,21-22,24-26,28,30-53,55-56,58-62H2,1-6H3,(H-,67,69,71,72)/b14-11+,23-20+,29-27+,57-54-. The van der Waals surface area contributed by atoms with E-state index in [1.54, 1.807) is 0 Å². The molecule has 0 aliphatic rings. The van der Waals surface area contributed by atoms with Gasteiger partial charge >= 0.3 is 5.97 Å². The van der Waals surface area contributed by atoms with Crippen LogP contribution >= 0.6 is 7.82 Å². The number of ether oxygens (including phenoxy) is 1. The summed E-state index contributed by atoms with van der Waals surface area (Å²) < 4.78 is 30.3. The van der Waals surface area contributed by atoms with Crippen molar-refractivity contribution < 1.29 is 37.3 Å². The van der Waals surface area contributed by atoms with Crippen molar-refractivity contribution in [3.8, 4) is 0 Å². The van der Waals surface area contributed by atoms with Crippen molar-refractivity contribution in [1.29, 1.82) is 0 Å². The van der Waals surface area contributed by atoms with Crippen LogP contribution in [0.25, 0.3) is 0 Å². The fourth-order valence-corrected chi connectivity index (χ4v) is 10.2. The first-order valence-corrected chi connectivity index (χ1v) is 33.9. The molecule has 0 saturated heterocycles. The van der Waals surface area contributed by atoms with E-state index in [-0.39, 0.29) is 31.5 Å². The molecule has 3 unspecified atom stereocenters. The molecule has 1 amide bonds. The maximum atomic E-state index is 13.5. The second-order valence-electron chi connectivity index (χ2n) is 23.2. The average molecular weight is 1090 g/mol. The number of esters is 1. The van der Waals surface area contributed by atoms with E-state index in [1.807, 2.05) is 33.3 Å². The Labute approximate surface area is 471 Å². The van der Waals surface area contributed by atoms with Crippen molar-refractivity contribution >= 4 is 19.7 Å². The Kier molecular flexibility index (Phi) is 54.7. The van der Waals surface area contributed by atoms with Gasteiger partial charge in [0.2, 0.25) is 5.91 Å². The van der Waals surface area contributed by atoms with E-state index in [9.17, 15) is 19.0 Å². The van der Waals surface area contributed by atoms with E-state index in [0.29, 0.717) is 17.4 Å². The molecule has 0 aromatic heterocycles. The van der Waals surface area contributed by atoms with Gasteiger partial charge in [0, 0.05) is 12.8 Å². The Morgan fingerprint density at radius 3 is 1.26 bits per heavy atom. The third-order valence-electron chi connectivity index (χ3n) is 14.5. The lowest BCUT2D eigenvalue weighted by molar-refractivity contribution is -0.870. The van der Waals surface area contributed by atoms with Crippen LogP contribution in [0.1, 0.15) is 310 Å². The number of quaternary nitrogens is 1. The molecule has 0 saturated carbocycles. The van der Waals surface area contributed by atoms with Crippen molar-refractivity contribution in [3.63, 3.8) is 0 Å². The van der Waals surface area contributed by atoms with E-state index in [0.717, 1.165) is 83.5 Å². The van der Waals surface area contributed by atoms with E-state index in [2.05, 4.69) is 62.5 Å². The van der Waals surface area contributed by atoms with Gasteiger partial charge in [-0.05, 0) is 83.1 Å². The van der Waals surface area contributed by atoms with Crippen molar-refractivity contribution in [2.45, 2.75) is 322 Å². The topological polar surface area (TPSA) is 114 Å². The molecule has 3 atom stereocenters. The van der Waals surface area contributed by atoms with Gasteiger partial charge in [-0.25, -0.2) is 0 Å². The van der Waals surface area contributed by atoms with Crippen LogP contribution in [-0.4, -0.2) is 69.4 Å². The molecule has 0 aliphatic heterocycles. The summed E-state index contributed by atoms with van der Waals surface area (Å²) >= 11 is 0. The minimum absolute atomic E-state index is 0.0228. The Morgan fingerprint density at radius 2 is 0.842 bits per heavy atom. The zero-order chi connectivity index (χ0) is 55.7. The normalized spacial score (nSPS) is 13.9. The van der Waals surface area contributed by atoms with Gasteiger partial charge in [0.1, 0.15) is 19.3 Å². The van der Waals surface area contributed by atoms with Crippen LogP contribution in [0.5, 0.6) is 0 Å². The number of nitrogens with one attached hydrogen (secondary N) is 1. The molecule has 0 aliphatic carbocycles. The summed E-state index contributed by atoms with van der Waals surface area (Å²) in [5, 5.41) is 3.03. The van der Waals surface area contributed by atoms with E-state index >= 15 is 0 Å². The predicted molar refractivity (Wildman–Crippen MR) is 326 cm³/mol. The van der Waals surface area contributed by atoms with Gasteiger partial charge in [0.15, 0.2) is 0 Å². The molecule has 0 radical (unpaired) electrons. The quantitative estimate of drug-likeness (QED) is 0.0212. The molecule has 10 heteroatoms. The lowest BCUT2D eigenvalue weighted by Gasteiger charge is -2.30. The van der Waals surface area contributed by atoms with E-state index in [4.69, 9.17) is 13.8 Å². The Morgan fingerprint density at radius 1 is 0.474 bits per heavy atom. The second kappa shape index (κ2) is 56.3. The molecule has 0 rings (SSSR count). The monoisotopic (exact) mass is 1090 g/mol. The number of unbranched alkanes of at least 4 members (excludes halogenated alkanes) is 37. The fraction of sp³-hybridized carbons (Fsp3) is 0.848. The van der Waals surface area contributed by atoms with Gasteiger partial charge in [-0.15, -0.1) is 0 Å². The number of hydrogen-bond donors (Lipinski definition) is 1. The van der Waals surface area contributed by atoms with E-state index < -0.39 is 20.0 Å². The van der Waals surface area contributed by atoms with Crippen molar-refractivity contribution in [2.75, 3.05) is 40.9 Å². The summed E-state index contributed by atoms with van der Waals surface area (Å²) in [6.45, 7) is 6.75. The second-order valence-corrected chi connectivity index (χ2v) is 24.6. The number of hydrogen-bond acceptors (Lipinski definition) is 7. The zero-order valence-corrected chi connectivity index (χ0v) is 51.9. The van der Waals surface area contributed by atoms with Crippen LogP contribution in [-0.2, 0) is 27.9 Å². The minimum Gasteiger partial charge on any atom is -0.756 e. The molecule has 446 valence electrons. The van der Waals surface area contributed by atoms with Gasteiger partial charge in [0.25, 0.3) is 7.82 Å². The van der Waals surface area contributed by atoms with Gasteiger partial charge in [-0.1, -0.05) is 262 Å². The summed E-state index contributed by atoms with van der Waals surface area (Å²) in [5.74, 6) is -0.541. The predicted octanol–water partition coefficient (Wildman–Crippen LogP) is 19.4. The van der Waals surface area contributed by atoms with Gasteiger partial charge < -0.3 is 28.5 Å². The van der Waals surface area contributed by atoms with Crippen LogP contribution < -0.4 is 10.2 Å². The van der Waals surface area contributed by atoms with Gasteiger partial charge in [-0.3, -0.25) is 14.2 Å². The molecule has 9 nitrogen and oxygen atoms in total. The van der Waals surface area contributed by atoms with Crippen molar-refractivity contribution in [2.24, 2.45) is 0 Å². The molecule has 76 heavy (non-hydrogen) atoms. The number of allylic oxidation sites excluding steroid dienone is 7. The van der Waals surface area contributed by atoms with Crippen LogP contribution in [0, 0.1) is 0 Å². The molecular weight excluding hydrogens is 964 g/mol. The highest BCUT2D eigenvalue weighted by atomic mass is 31.2. The Balaban J connectivity index is 5.03. The molecule has 0 bridgehead atoms. The molecule has 0 heterocycles. The molecular formula is C66H125N2O7P. The summed E-state index contributed by atoms with van der Waals surface area (Å²) in [5.41, 5.74) is 0. The number of phosphoric ester groups is 1. The number of nitrogens with zero attached hydrogens (tertiary/aromatic N) is 1. The smallest absolute Gasteiger partial charge is 0.306 e. The highest BCUT2D eigenvalue weighted by molar-refractivity contribution is 7.45. The number of likely N-dealkylation sites (N-methyl/N-ethyl adjacent to an activating group) is 1. The molecule has 0 aromatic carbocycles.